The number of aryl methyl sites for hydroxylation is 1. The second-order valence-corrected chi connectivity index (χ2v) is 7.23. The van der Waals surface area contributed by atoms with Gasteiger partial charge in [0.15, 0.2) is 0 Å². The number of aliphatic hydroxyl groups is 1. The zero-order valence-electron chi connectivity index (χ0n) is 15.7. The number of aliphatic hydroxyl groups excluding tert-OH is 1. The SMILES string of the molecule is Cc1cc(CN2CCC(O)=C(C(=O)NCC(=O)O)C2=O)ccc1OCC1CC1.[NaH]. The van der Waals surface area contributed by atoms with E-state index in [-0.39, 0.29) is 54.8 Å². The van der Waals surface area contributed by atoms with Crippen LogP contribution in [0.1, 0.15) is 30.4 Å². The fourth-order valence-electron chi connectivity index (χ4n) is 3.06. The van der Waals surface area contributed by atoms with Crippen molar-refractivity contribution < 1.29 is 29.3 Å². The van der Waals surface area contributed by atoms with Crippen molar-refractivity contribution in [2.75, 3.05) is 19.7 Å². The summed E-state index contributed by atoms with van der Waals surface area (Å²) in [4.78, 5) is 36.8. The fraction of sp³-hybridized carbons (Fsp3) is 0.450. The van der Waals surface area contributed by atoms with E-state index in [1.807, 2.05) is 25.1 Å². The number of ether oxygens (including phenoxy) is 1. The first kappa shape index (κ1) is 23.3. The third-order valence-corrected chi connectivity index (χ3v) is 4.82. The Morgan fingerprint density at radius 3 is 2.66 bits per heavy atom. The molecule has 1 fully saturated rings. The van der Waals surface area contributed by atoms with Gasteiger partial charge in [-0.15, -0.1) is 0 Å². The van der Waals surface area contributed by atoms with Gasteiger partial charge in [-0.25, -0.2) is 0 Å². The van der Waals surface area contributed by atoms with Crippen LogP contribution in [0, 0.1) is 12.8 Å². The topological polar surface area (TPSA) is 116 Å². The van der Waals surface area contributed by atoms with E-state index < -0.39 is 29.9 Å². The number of carboxylic acid groups (broad SMARTS) is 1. The first-order valence-electron chi connectivity index (χ1n) is 9.29. The van der Waals surface area contributed by atoms with Gasteiger partial charge in [0.25, 0.3) is 11.8 Å². The van der Waals surface area contributed by atoms with E-state index in [0.717, 1.165) is 23.5 Å². The number of nitrogens with zero attached hydrogens (tertiary/aromatic N) is 1. The molecule has 152 valence electrons. The molecule has 1 heterocycles. The summed E-state index contributed by atoms with van der Waals surface area (Å²) in [5, 5.41) is 20.7. The molecule has 1 aliphatic carbocycles. The molecule has 1 aromatic carbocycles. The van der Waals surface area contributed by atoms with Crippen molar-refractivity contribution in [1.82, 2.24) is 10.2 Å². The average molecular weight is 412 g/mol. The van der Waals surface area contributed by atoms with Gasteiger partial charge in [0.2, 0.25) is 0 Å². The van der Waals surface area contributed by atoms with Crippen molar-refractivity contribution >= 4 is 47.3 Å². The molecule has 3 rings (SSSR count). The average Bonchev–Trinajstić information content (AvgIpc) is 3.46. The minimum absolute atomic E-state index is 0. The molecular weight excluding hydrogens is 387 g/mol. The Balaban J connectivity index is 0.00000300. The molecule has 0 saturated heterocycles. The molecule has 0 radical (unpaired) electrons. The number of hydrogen-bond acceptors (Lipinski definition) is 5. The van der Waals surface area contributed by atoms with Gasteiger partial charge in [0.1, 0.15) is 23.6 Å². The molecule has 2 aliphatic rings. The Hall–Kier alpha value is -2.03. The van der Waals surface area contributed by atoms with Crippen LogP contribution in [0.25, 0.3) is 0 Å². The zero-order valence-corrected chi connectivity index (χ0v) is 15.7. The van der Waals surface area contributed by atoms with E-state index >= 15 is 0 Å². The monoisotopic (exact) mass is 412 g/mol. The predicted molar refractivity (Wildman–Crippen MR) is 107 cm³/mol. The van der Waals surface area contributed by atoms with E-state index in [4.69, 9.17) is 9.84 Å². The molecule has 0 bridgehead atoms. The van der Waals surface area contributed by atoms with Crippen LogP contribution in [0.2, 0.25) is 0 Å². The summed E-state index contributed by atoms with van der Waals surface area (Å²) in [6, 6.07) is 5.71. The Morgan fingerprint density at radius 1 is 1.31 bits per heavy atom. The first-order chi connectivity index (χ1) is 13.3. The summed E-state index contributed by atoms with van der Waals surface area (Å²) in [5.41, 5.74) is 1.46. The van der Waals surface area contributed by atoms with Crippen LogP contribution < -0.4 is 10.1 Å². The second kappa shape index (κ2) is 10.1. The Morgan fingerprint density at radius 2 is 2.03 bits per heavy atom. The number of amides is 2. The van der Waals surface area contributed by atoms with Gasteiger partial charge < -0.3 is 25.2 Å². The maximum atomic E-state index is 12.6. The van der Waals surface area contributed by atoms with Crippen molar-refractivity contribution in [3.8, 4) is 5.75 Å². The summed E-state index contributed by atoms with van der Waals surface area (Å²) in [5.74, 6) is -1.55. The van der Waals surface area contributed by atoms with Crippen molar-refractivity contribution in [2.24, 2.45) is 5.92 Å². The molecule has 0 atom stereocenters. The van der Waals surface area contributed by atoms with Crippen molar-refractivity contribution in [2.45, 2.75) is 32.7 Å². The number of benzene rings is 1. The van der Waals surface area contributed by atoms with Gasteiger partial charge in [-0.1, -0.05) is 12.1 Å². The Bertz CT molecular complexity index is 834. The van der Waals surface area contributed by atoms with Crippen molar-refractivity contribution in [1.29, 1.82) is 0 Å². The molecule has 1 saturated carbocycles. The van der Waals surface area contributed by atoms with E-state index in [0.29, 0.717) is 5.92 Å². The first-order valence-corrected chi connectivity index (χ1v) is 9.29. The summed E-state index contributed by atoms with van der Waals surface area (Å²) >= 11 is 0. The van der Waals surface area contributed by atoms with Crippen LogP contribution in [-0.4, -0.2) is 82.2 Å². The Kier molecular flexibility index (Phi) is 8.13. The summed E-state index contributed by atoms with van der Waals surface area (Å²) < 4.78 is 5.81. The standard InChI is InChI=1S/C20H24N2O6.Na.H/c1-12-8-14(4-5-16(12)28-11-13-2-3-13)10-22-7-6-15(23)18(20(22)27)19(26)21-9-17(24)25;;/h4-5,8,13,23H,2-3,6-7,9-11H2,1H3,(H,21,26)(H,24,25);;. The third-order valence-electron chi connectivity index (χ3n) is 4.82. The van der Waals surface area contributed by atoms with Crippen LogP contribution in [0.5, 0.6) is 5.75 Å². The van der Waals surface area contributed by atoms with Gasteiger partial charge in [-0.2, -0.15) is 0 Å². The minimum atomic E-state index is -1.23. The van der Waals surface area contributed by atoms with E-state index in [2.05, 4.69) is 5.32 Å². The van der Waals surface area contributed by atoms with Crippen LogP contribution in [0.4, 0.5) is 0 Å². The van der Waals surface area contributed by atoms with Gasteiger partial charge in [0, 0.05) is 19.5 Å². The fourth-order valence-corrected chi connectivity index (χ4v) is 3.06. The van der Waals surface area contributed by atoms with E-state index in [1.54, 1.807) is 0 Å². The molecule has 2 amide bonds. The molecule has 8 nitrogen and oxygen atoms in total. The predicted octanol–water partition coefficient (Wildman–Crippen LogP) is 0.881. The third kappa shape index (κ3) is 6.22. The Labute approximate surface area is 191 Å². The van der Waals surface area contributed by atoms with Gasteiger partial charge in [-0.05, 0) is 42.9 Å². The van der Waals surface area contributed by atoms with Crippen LogP contribution in [0.3, 0.4) is 0 Å². The van der Waals surface area contributed by atoms with Crippen LogP contribution in [-0.2, 0) is 20.9 Å². The number of aliphatic carboxylic acids is 1. The van der Waals surface area contributed by atoms with E-state index in [1.165, 1.54) is 17.7 Å². The molecule has 29 heavy (non-hydrogen) atoms. The molecule has 1 aliphatic heterocycles. The molecule has 0 aromatic heterocycles. The van der Waals surface area contributed by atoms with Crippen molar-refractivity contribution in [3.05, 3.63) is 40.7 Å². The quantitative estimate of drug-likeness (QED) is 0.431. The molecular formula is C20H25N2NaO6. The number of carbonyl (C=O) groups excluding carboxylic acids is 2. The maximum absolute atomic E-state index is 12.6. The normalized spacial score (nSPS) is 16.3. The number of hydrogen-bond donors (Lipinski definition) is 3. The molecule has 0 unspecified atom stereocenters. The molecule has 1 aromatic rings. The molecule has 0 spiro atoms. The number of rotatable bonds is 8. The summed E-state index contributed by atoms with van der Waals surface area (Å²) in [6.45, 7) is 2.61. The zero-order chi connectivity index (χ0) is 20.3. The summed E-state index contributed by atoms with van der Waals surface area (Å²) in [6.07, 6.45) is 2.58. The number of nitrogens with one attached hydrogen (secondary N) is 1. The molecule has 3 N–H and O–H groups in total. The number of carboxylic acids is 1. The van der Waals surface area contributed by atoms with Gasteiger partial charge >= 0.3 is 35.5 Å². The van der Waals surface area contributed by atoms with E-state index in [9.17, 15) is 19.5 Å². The number of carbonyl (C=O) groups is 3. The summed E-state index contributed by atoms with van der Waals surface area (Å²) in [7, 11) is 0. The van der Waals surface area contributed by atoms with Gasteiger partial charge in [0.05, 0.1) is 6.61 Å². The van der Waals surface area contributed by atoms with Crippen LogP contribution >= 0.6 is 0 Å². The second-order valence-electron chi connectivity index (χ2n) is 7.23. The molecule has 9 heteroatoms. The van der Waals surface area contributed by atoms with Crippen molar-refractivity contribution in [3.63, 3.8) is 0 Å². The van der Waals surface area contributed by atoms with Gasteiger partial charge in [-0.3, -0.25) is 14.4 Å². The van der Waals surface area contributed by atoms with Crippen LogP contribution in [0.15, 0.2) is 29.5 Å².